The van der Waals surface area contributed by atoms with E-state index in [0.717, 1.165) is 25.2 Å². The molecule has 1 fully saturated rings. The van der Waals surface area contributed by atoms with Gasteiger partial charge in [0.25, 0.3) is 0 Å². The Kier molecular flexibility index (Phi) is 5.38. The van der Waals surface area contributed by atoms with Crippen molar-refractivity contribution in [2.45, 2.75) is 19.5 Å². The molecule has 0 saturated carbocycles. The Balaban J connectivity index is 1.82. The van der Waals surface area contributed by atoms with E-state index in [1.165, 1.54) is 5.69 Å². The van der Waals surface area contributed by atoms with E-state index in [0.29, 0.717) is 13.1 Å². The Hall–Kier alpha value is -1.59. The summed E-state index contributed by atoms with van der Waals surface area (Å²) in [5, 5.41) is 9.39. The lowest BCUT2D eigenvalue weighted by Crippen LogP contribution is -2.55. The number of hydrogen-bond donors (Lipinski definition) is 3. The number of carbonyl (C=O) groups is 1. The van der Waals surface area contributed by atoms with Crippen LogP contribution < -0.4 is 20.9 Å². The first-order valence-corrected chi connectivity index (χ1v) is 7.22. The molecule has 1 heterocycles. The van der Waals surface area contributed by atoms with Gasteiger partial charge in [-0.15, -0.1) is 0 Å². The van der Waals surface area contributed by atoms with Crippen LogP contribution in [0.5, 0.6) is 0 Å². The number of carbonyl (C=O) groups excluding carboxylic acids is 1. The zero-order chi connectivity index (χ0) is 14.4. The molecule has 0 aromatic heterocycles. The second kappa shape index (κ2) is 7.26. The van der Waals surface area contributed by atoms with Crippen molar-refractivity contribution >= 4 is 11.6 Å². The fraction of sp³-hybridized carbons (Fsp3) is 0.533. The van der Waals surface area contributed by atoms with E-state index in [-0.39, 0.29) is 11.9 Å². The average Bonchev–Trinajstić information content (AvgIpc) is 2.53. The van der Waals surface area contributed by atoms with Gasteiger partial charge in [-0.1, -0.05) is 12.1 Å². The summed E-state index contributed by atoms with van der Waals surface area (Å²) < 4.78 is 0. The van der Waals surface area contributed by atoms with Crippen molar-refractivity contribution in [1.82, 2.24) is 16.0 Å². The van der Waals surface area contributed by atoms with Gasteiger partial charge in [-0.2, -0.15) is 0 Å². The van der Waals surface area contributed by atoms with Gasteiger partial charge in [0.1, 0.15) is 0 Å². The molecular weight excluding hydrogens is 252 g/mol. The van der Waals surface area contributed by atoms with Gasteiger partial charge in [-0.05, 0) is 24.6 Å². The number of amides is 1. The van der Waals surface area contributed by atoms with Crippen molar-refractivity contribution in [2.24, 2.45) is 0 Å². The molecule has 110 valence electrons. The van der Waals surface area contributed by atoms with Crippen LogP contribution in [0, 0.1) is 0 Å². The first-order valence-electron chi connectivity index (χ1n) is 7.22. The summed E-state index contributed by atoms with van der Waals surface area (Å²) in [6.07, 6.45) is 0. The summed E-state index contributed by atoms with van der Waals surface area (Å²) in [7, 11) is 2.07. The van der Waals surface area contributed by atoms with Crippen molar-refractivity contribution in [2.75, 3.05) is 38.1 Å². The maximum absolute atomic E-state index is 12.0. The van der Waals surface area contributed by atoms with Crippen molar-refractivity contribution in [1.29, 1.82) is 0 Å². The molecule has 1 aromatic carbocycles. The minimum Gasteiger partial charge on any atom is -0.375 e. The highest BCUT2D eigenvalue weighted by Crippen LogP contribution is 2.13. The molecule has 0 spiro atoms. The largest absolute Gasteiger partial charge is 0.375 e. The predicted molar refractivity (Wildman–Crippen MR) is 81.9 cm³/mol. The van der Waals surface area contributed by atoms with Crippen LogP contribution in [0.3, 0.4) is 0 Å². The van der Waals surface area contributed by atoms with E-state index in [1.54, 1.807) is 0 Å². The standard InChI is InChI=1S/C15H24N4O/c1-3-19(2)13-6-4-12(5-7-13)10-18-15(20)14-11-16-8-9-17-14/h4-7,14,16-17H,3,8-11H2,1-2H3,(H,18,20). The Bertz CT molecular complexity index is 426. The quantitative estimate of drug-likeness (QED) is 0.725. The minimum atomic E-state index is -0.116. The van der Waals surface area contributed by atoms with Crippen LogP contribution in [-0.2, 0) is 11.3 Å². The third kappa shape index (κ3) is 3.95. The monoisotopic (exact) mass is 276 g/mol. The number of hydrogen-bond acceptors (Lipinski definition) is 4. The highest BCUT2D eigenvalue weighted by atomic mass is 16.2. The van der Waals surface area contributed by atoms with Crippen molar-refractivity contribution in [3.63, 3.8) is 0 Å². The van der Waals surface area contributed by atoms with Crippen LogP contribution in [0.2, 0.25) is 0 Å². The van der Waals surface area contributed by atoms with E-state index >= 15 is 0 Å². The Morgan fingerprint density at radius 2 is 2.10 bits per heavy atom. The molecule has 1 unspecified atom stereocenters. The highest BCUT2D eigenvalue weighted by molar-refractivity contribution is 5.82. The predicted octanol–water partition coefficient (Wildman–Crippen LogP) is 0.320. The lowest BCUT2D eigenvalue weighted by molar-refractivity contribution is -0.123. The molecule has 1 aliphatic rings. The zero-order valence-corrected chi connectivity index (χ0v) is 12.3. The number of piperazine rings is 1. The van der Waals surface area contributed by atoms with Crippen LogP contribution in [-0.4, -0.2) is 45.2 Å². The fourth-order valence-electron chi connectivity index (χ4n) is 2.20. The third-order valence-electron chi connectivity index (χ3n) is 3.68. The van der Waals surface area contributed by atoms with E-state index in [1.807, 2.05) is 0 Å². The number of nitrogens with zero attached hydrogens (tertiary/aromatic N) is 1. The number of anilines is 1. The van der Waals surface area contributed by atoms with E-state index in [2.05, 4.69) is 59.1 Å². The van der Waals surface area contributed by atoms with Crippen LogP contribution in [0.25, 0.3) is 0 Å². The summed E-state index contributed by atoms with van der Waals surface area (Å²) in [5.41, 5.74) is 2.32. The summed E-state index contributed by atoms with van der Waals surface area (Å²) in [4.78, 5) is 14.2. The molecule has 1 aliphatic heterocycles. The number of rotatable bonds is 5. The molecule has 0 bridgehead atoms. The topological polar surface area (TPSA) is 56.4 Å². The molecule has 1 aromatic rings. The Labute approximate surface area is 120 Å². The van der Waals surface area contributed by atoms with E-state index < -0.39 is 0 Å². The summed E-state index contributed by atoms with van der Waals surface area (Å²) in [6.45, 7) is 6.15. The van der Waals surface area contributed by atoms with Gasteiger partial charge in [-0.3, -0.25) is 4.79 Å². The van der Waals surface area contributed by atoms with Gasteiger partial charge < -0.3 is 20.9 Å². The van der Waals surface area contributed by atoms with Gasteiger partial charge in [0, 0.05) is 45.5 Å². The maximum Gasteiger partial charge on any atom is 0.238 e. The molecule has 2 rings (SSSR count). The first-order chi connectivity index (χ1) is 9.70. The lowest BCUT2D eigenvalue weighted by atomic mass is 10.1. The minimum absolute atomic E-state index is 0.0620. The SMILES string of the molecule is CCN(C)c1ccc(CNC(=O)C2CNCCN2)cc1. The van der Waals surface area contributed by atoms with Crippen LogP contribution in [0.1, 0.15) is 12.5 Å². The summed E-state index contributed by atoms with van der Waals surface area (Å²) >= 11 is 0. The zero-order valence-electron chi connectivity index (χ0n) is 12.3. The average molecular weight is 276 g/mol. The smallest absolute Gasteiger partial charge is 0.238 e. The Morgan fingerprint density at radius 1 is 1.35 bits per heavy atom. The number of nitrogens with one attached hydrogen (secondary N) is 3. The first kappa shape index (κ1) is 14.8. The molecular formula is C15H24N4O. The second-order valence-electron chi connectivity index (χ2n) is 5.11. The van der Waals surface area contributed by atoms with E-state index in [9.17, 15) is 4.79 Å². The highest BCUT2D eigenvalue weighted by Gasteiger charge is 2.19. The molecule has 5 nitrogen and oxygen atoms in total. The lowest BCUT2D eigenvalue weighted by Gasteiger charge is -2.23. The van der Waals surface area contributed by atoms with Crippen molar-refractivity contribution in [3.8, 4) is 0 Å². The third-order valence-corrected chi connectivity index (χ3v) is 3.68. The van der Waals surface area contributed by atoms with Gasteiger partial charge >= 0.3 is 0 Å². The Morgan fingerprint density at radius 3 is 2.70 bits per heavy atom. The summed E-state index contributed by atoms with van der Waals surface area (Å²) in [6, 6.07) is 8.19. The van der Waals surface area contributed by atoms with Crippen LogP contribution in [0.15, 0.2) is 24.3 Å². The molecule has 1 amide bonds. The molecule has 3 N–H and O–H groups in total. The van der Waals surface area contributed by atoms with Gasteiger partial charge in [0.15, 0.2) is 0 Å². The van der Waals surface area contributed by atoms with E-state index in [4.69, 9.17) is 0 Å². The van der Waals surface area contributed by atoms with Gasteiger partial charge in [0.05, 0.1) is 6.04 Å². The maximum atomic E-state index is 12.0. The molecule has 1 atom stereocenters. The molecule has 20 heavy (non-hydrogen) atoms. The molecule has 0 radical (unpaired) electrons. The van der Waals surface area contributed by atoms with Gasteiger partial charge in [0.2, 0.25) is 5.91 Å². The molecule has 0 aliphatic carbocycles. The van der Waals surface area contributed by atoms with Crippen molar-refractivity contribution < 1.29 is 4.79 Å². The molecule has 5 heteroatoms. The second-order valence-corrected chi connectivity index (χ2v) is 5.11. The van der Waals surface area contributed by atoms with Crippen LogP contribution >= 0.6 is 0 Å². The van der Waals surface area contributed by atoms with Gasteiger partial charge in [-0.25, -0.2) is 0 Å². The normalized spacial score (nSPS) is 18.6. The number of benzene rings is 1. The summed E-state index contributed by atoms with van der Waals surface area (Å²) in [5.74, 6) is 0.0620. The fourth-order valence-corrected chi connectivity index (χ4v) is 2.20. The van der Waals surface area contributed by atoms with Crippen molar-refractivity contribution in [3.05, 3.63) is 29.8 Å². The van der Waals surface area contributed by atoms with Crippen LogP contribution in [0.4, 0.5) is 5.69 Å². The molecule has 1 saturated heterocycles.